The Morgan fingerprint density at radius 3 is 2.08 bits per heavy atom. The maximum absolute atomic E-state index is 14.2. The van der Waals surface area contributed by atoms with E-state index in [-0.39, 0.29) is 39.1 Å². The van der Waals surface area contributed by atoms with Crippen LogP contribution in [0.5, 0.6) is 0 Å². The number of hydrogen-bond acceptors (Lipinski definition) is 10. The zero-order valence-corrected chi connectivity index (χ0v) is 30.9. The minimum atomic E-state index is -4.22. The fourth-order valence-corrected chi connectivity index (χ4v) is 7.42. The SMILES string of the molecule is CCCCC(NC(=O)[C@H](CCCCNC(=O)OCc1ccccc1)NC(=O)OCc1ccccc1)P(=O)(OC)O[C@@H](C)C(=O)N1CCC[C@H]1C(=O)O. The first-order valence-electron chi connectivity index (χ1n) is 17.6. The van der Waals surface area contributed by atoms with Gasteiger partial charge in [0.15, 0.2) is 0 Å². The van der Waals surface area contributed by atoms with Crippen LogP contribution in [-0.2, 0) is 50.7 Å². The van der Waals surface area contributed by atoms with Gasteiger partial charge in [0.1, 0.15) is 37.2 Å². The molecule has 3 rings (SSSR count). The normalized spacial score (nSPS) is 16.8. The monoisotopic (exact) mass is 746 g/mol. The molecular weight excluding hydrogens is 695 g/mol. The molecule has 1 saturated heterocycles. The summed E-state index contributed by atoms with van der Waals surface area (Å²) in [4.78, 5) is 64.9. The van der Waals surface area contributed by atoms with E-state index < -0.39 is 61.5 Å². The van der Waals surface area contributed by atoms with Gasteiger partial charge in [-0.2, -0.15) is 0 Å². The molecule has 0 bridgehead atoms. The lowest BCUT2D eigenvalue weighted by molar-refractivity contribution is -0.151. The van der Waals surface area contributed by atoms with Crippen molar-refractivity contribution in [3.63, 3.8) is 0 Å². The third-order valence-electron chi connectivity index (χ3n) is 8.47. The number of carboxylic acids is 1. The van der Waals surface area contributed by atoms with Gasteiger partial charge in [0.25, 0.3) is 5.91 Å². The quantitative estimate of drug-likeness (QED) is 0.0951. The Hall–Kier alpha value is -4.46. The zero-order valence-electron chi connectivity index (χ0n) is 30.0. The lowest BCUT2D eigenvalue weighted by atomic mass is 10.1. The Labute approximate surface area is 304 Å². The van der Waals surface area contributed by atoms with E-state index in [2.05, 4.69) is 16.0 Å². The average molecular weight is 747 g/mol. The van der Waals surface area contributed by atoms with Crippen molar-refractivity contribution in [3.8, 4) is 0 Å². The second kappa shape index (κ2) is 21.8. The predicted octanol–water partition coefficient (Wildman–Crippen LogP) is 5.33. The van der Waals surface area contributed by atoms with Crippen LogP contribution in [0.15, 0.2) is 60.7 Å². The van der Waals surface area contributed by atoms with Crippen LogP contribution in [0.1, 0.15) is 76.3 Å². The number of benzene rings is 2. The highest BCUT2D eigenvalue weighted by Gasteiger charge is 2.43. The Balaban J connectivity index is 1.66. The van der Waals surface area contributed by atoms with Crippen molar-refractivity contribution in [2.24, 2.45) is 0 Å². The van der Waals surface area contributed by atoms with Crippen molar-refractivity contribution in [3.05, 3.63) is 71.8 Å². The van der Waals surface area contributed by atoms with Crippen molar-refractivity contribution < 1.29 is 52.2 Å². The summed E-state index contributed by atoms with van der Waals surface area (Å²) in [7, 11) is -3.08. The highest BCUT2D eigenvalue weighted by atomic mass is 31.2. The summed E-state index contributed by atoms with van der Waals surface area (Å²) in [5.41, 5.74) is 1.59. The molecular formula is C36H51N4O11P. The number of ether oxygens (including phenoxy) is 2. The van der Waals surface area contributed by atoms with Crippen LogP contribution in [0.25, 0.3) is 0 Å². The highest BCUT2D eigenvalue weighted by molar-refractivity contribution is 7.54. The molecule has 16 heteroatoms. The van der Waals surface area contributed by atoms with Crippen LogP contribution in [-0.4, -0.2) is 84.1 Å². The molecule has 2 unspecified atom stereocenters. The number of rotatable bonds is 21. The van der Waals surface area contributed by atoms with Crippen LogP contribution in [0.3, 0.4) is 0 Å². The molecule has 52 heavy (non-hydrogen) atoms. The Bertz CT molecular complexity index is 1500. The minimum Gasteiger partial charge on any atom is -0.480 e. The molecule has 0 spiro atoms. The second-order valence-electron chi connectivity index (χ2n) is 12.4. The summed E-state index contributed by atoms with van der Waals surface area (Å²) in [6.07, 6.45) is 0.337. The van der Waals surface area contributed by atoms with Gasteiger partial charge in [0.05, 0.1) is 0 Å². The molecule has 0 aliphatic carbocycles. The van der Waals surface area contributed by atoms with Gasteiger partial charge in [-0.05, 0) is 56.6 Å². The molecule has 5 atom stereocenters. The van der Waals surface area contributed by atoms with Crippen LogP contribution >= 0.6 is 7.60 Å². The van der Waals surface area contributed by atoms with Gasteiger partial charge in [0, 0.05) is 20.2 Å². The first-order valence-corrected chi connectivity index (χ1v) is 19.2. The number of likely N-dealkylation sites (tertiary alicyclic amines) is 1. The summed E-state index contributed by atoms with van der Waals surface area (Å²) in [6.45, 7) is 3.82. The fourth-order valence-electron chi connectivity index (χ4n) is 5.62. The van der Waals surface area contributed by atoms with E-state index in [1.807, 2.05) is 43.3 Å². The molecule has 0 aromatic heterocycles. The molecule has 1 fully saturated rings. The molecule has 15 nitrogen and oxygen atoms in total. The summed E-state index contributed by atoms with van der Waals surface area (Å²) < 4.78 is 35.9. The van der Waals surface area contributed by atoms with E-state index in [4.69, 9.17) is 18.5 Å². The van der Waals surface area contributed by atoms with E-state index in [9.17, 15) is 33.6 Å². The lowest BCUT2D eigenvalue weighted by Crippen LogP contribution is -2.50. The van der Waals surface area contributed by atoms with Gasteiger partial charge in [-0.15, -0.1) is 0 Å². The van der Waals surface area contributed by atoms with E-state index in [0.717, 1.165) is 18.2 Å². The number of carbonyl (C=O) groups excluding carboxylic acids is 4. The Kier molecular flexibility index (Phi) is 17.6. The number of hydrogen-bond donors (Lipinski definition) is 4. The summed E-state index contributed by atoms with van der Waals surface area (Å²) in [5.74, 6) is -3.67. The number of carbonyl (C=O) groups is 5. The molecule has 0 saturated carbocycles. The fraction of sp³-hybridized carbons (Fsp3) is 0.528. The molecule has 1 aliphatic rings. The van der Waals surface area contributed by atoms with Crippen molar-refractivity contribution in [1.82, 2.24) is 20.9 Å². The number of carboxylic acid groups (broad SMARTS) is 1. The minimum absolute atomic E-state index is 0.0342. The van der Waals surface area contributed by atoms with Crippen molar-refractivity contribution >= 4 is 37.6 Å². The molecule has 1 heterocycles. The molecule has 0 radical (unpaired) electrons. The van der Waals surface area contributed by atoms with Crippen molar-refractivity contribution in [1.29, 1.82) is 0 Å². The molecule has 2 aromatic rings. The van der Waals surface area contributed by atoms with Gasteiger partial charge >= 0.3 is 25.8 Å². The highest BCUT2D eigenvalue weighted by Crippen LogP contribution is 2.54. The maximum Gasteiger partial charge on any atom is 0.408 e. The number of aliphatic carboxylic acids is 1. The Morgan fingerprint density at radius 2 is 1.50 bits per heavy atom. The second-order valence-corrected chi connectivity index (χ2v) is 14.7. The van der Waals surface area contributed by atoms with Crippen molar-refractivity contribution in [2.45, 2.75) is 102 Å². The van der Waals surface area contributed by atoms with Gasteiger partial charge in [0.2, 0.25) is 5.91 Å². The molecule has 4 N–H and O–H groups in total. The third-order valence-corrected chi connectivity index (χ3v) is 10.7. The van der Waals surface area contributed by atoms with E-state index in [1.54, 1.807) is 24.3 Å². The van der Waals surface area contributed by atoms with Gasteiger partial charge in [-0.3, -0.25) is 18.7 Å². The molecule has 4 amide bonds. The van der Waals surface area contributed by atoms with E-state index in [0.29, 0.717) is 38.5 Å². The van der Waals surface area contributed by atoms with Crippen LogP contribution in [0, 0.1) is 0 Å². The largest absolute Gasteiger partial charge is 0.480 e. The standard InChI is InChI=1S/C36H51N4O11P/c1-4-5-21-31(52(47,48-3)51-26(2)33(42)40-23-14-20-30(40)34(43)44)39-32(41)29(38-36(46)50-25-28-17-10-7-11-18-28)19-12-13-22-37-35(45)49-24-27-15-8-6-9-16-27/h6-11,15-18,26,29-31H,4-5,12-14,19-25H2,1-3H3,(H,37,45)(H,38,46)(H,39,41)(H,43,44)/t26-,29-,30-,31?,52?/m0/s1. The summed E-state index contributed by atoms with van der Waals surface area (Å²) in [6, 6.07) is 16.1. The molecule has 1 aliphatic heterocycles. The van der Waals surface area contributed by atoms with E-state index in [1.165, 1.54) is 11.8 Å². The Morgan fingerprint density at radius 1 is 0.885 bits per heavy atom. The first-order chi connectivity index (χ1) is 25.0. The number of nitrogens with one attached hydrogen (secondary N) is 3. The predicted molar refractivity (Wildman–Crippen MR) is 191 cm³/mol. The average Bonchev–Trinajstić information content (AvgIpc) is 3.65. The number of amides is 4. The van der Waals surface area contributed by atoms with E-state index >= 15 is 0 Å². The molecule has 286 valence electrons. The van der Waals surface area contributed by atoms with Crippen LogP contribution in [0.2, 0.25) is 0 Å². The smallest absolute Gasteiger partial charge is 0.408 e. The number of unbranched alkanes of at least 4 members (excludes halogenated alkanes) is 2. The van der Waals surface area contributed by atoms with Crippen LogP contribution < -0.4 is 16.0 Å². The van der Waals surface area contributed by atoms with Gasteiger partial charge in [-0.25, -0.2) is 14.4 Å². The zero-order chi connectivity index (χ0) is 37.9. The number of nitrogens with zero attached hydrogens (tertiary/aromatic N) is 1. The summed E-state index contributed by atoms with van der Waals surface area (Å²) in [5, 5.41) is 17.5. The topological polar surface area (TPSA) is 199 Å². The maximum atomic E-state index is 14.2. The molecule has 2 aromatic carbocycles. The van der Waals surface area contributed by atoms with Crippen molar-refractivity contribution in [2.75, 3.05) is 20.2 Å². The number of alkyl carbamates (subject to hydrolysis) is 2. The first kappa shape index (κ1) is 42.0. The van der Waals surface area contributed by atoms with Gasteiger partial charge in [-0.1, -0.05) is 80.4 Å². The van der Waals surface area contributed by atoms with Gasteiger partial charge < -0.3 is 40.0 Å². The summed E-state index contributed by atoms with van der Waals surface area (Å²) >= 11 is 0. The van der Waals surface area contributed by atoms with Crippen LogP contribution in [0.4, 0.5) is 9.59 Å². The third kappa shape index (κ3) is 13.6. The lowest BCUT2D eigenvalue weighted by Gasteiger charge is -2.31.